The number of benzene rings is 1. The van der Waals surface area contributed by atoms with Crippen LogP contribution in [0.5, 0.6) is 0 Å². The van der Waals surface area contributed by atoms with Crippen molar-refractivity contribution in [2.45, 2.75) is 45.8 Å². The molecule has 3 N–H and O–H groups in total. The molecule has 25 heavy (non-hydrogen) atoms. The van der Waals surface area contributed by atoms with Gasteiger partial charge in [0.25, 0.3) is 0 Å². The summed E-state index contributed by atoms with van der Waals surface area (Å²) in [7, 11) is 0. The van der Waals surface area contributed by atoms with Crippen LogP contribution in [0.25, 0.3) is 0 Å². The Labute approximate surface area is 149 Å². The lowest BCUT2D eigenvalue weighted by molar-refractivity contribution is 0.173. The minimum Gasteiger partial charge on any atom is -0.393 e. The van der Waals surface area contributed by atoms with Gasteiger partial charge in [-0.3, -0.25) is 5.32 Å². The molecule has 1 aromatic carbocycles. The molecule has 0 radical (unpaired) electrons. The van der Waals surface area contributed by atoms with Crippen molar-refractivity contribution in [3.63, 3.8) is 0 Å². The second-order valence-electron chi connectivity index (χ2n) is 6.82. The van der Waals surface area contributed by atoms with Gasteiger partial charge in [-0.15, -0.1) is 0 Å². The summed E-state index contributed by atoms with van der Waals surface area (Å²) >= 11 is 0. The highest BCUT2D eigenvalue weighted by atomic mass is 16.3. The van der Waals surface area contributed by atoms with Gasteiger partial charge in [-0.1, -0.05) is 44.2 Å². The molecule has 0 spiro atoms. The number of urea groups is 1. The van der Waals surface area contributed by atoms with Crippen LogP contribution in [0.4, 0.5) is 10.6 Å². The molecule has 6 heteroatoms. The highest BCUT2D eigenvalue weighted by molar-refractivity contribution is 5.88. The first kappa shape index (κ1) is 19.0. The Hall–Kier alpha value is -2.34. The maximum absolute atomic E-state index is 12.2. The number of aliphatic hydroxyl groups is 1. The molecule has 2 rings (SSSR count). The van der Waals surface area contributed by atoms with Gasteiger partial charge in [0, 0.05) is 25.1 Å². The smallest absolute Gasteiger partial charge is 0.320 e. The lowest BCUT2D eigenvalue weighted by Gasteiger charge is -2.20. The predicted octanol–water partition coefficient (Wildman–Crippen LogP) is 3.22. The topological polar surface area (TPSA) is 79.2 Å². The molecule has 2 amide bonds. The van der Waals surface area contributed by atoms with E-state index in [-0.39, 0.29) is 11.9 Å². The minimum atomic E-state index is -0.428. The van der Waals surface area contributed by atoms with Gasteiger partial charge in [0.2, 0.25) is 0 Å². The fourth-order valence-corrected chi connectivity index (χ4v) is 2.78. The van der Waals surface area contributed by atoms with Crippen molar-refractivity contribution >= 4 is 11.8 Å². The number of nitrogens with one attached hydrogen (secondary N) is 2. The quantitative estimate of drug-likeness (QED) is 0.688. The molecule has 1 heterocycles. The van der Waals surface area contributed by atoms with E-state index in [1.165, 1.54) is 0 Å². The van der Waals surface area contributed by atoms with E-state index in [1.807, 2.05) is 30.3 Å². The van der Waals surface area contributed by atoms with Gasteiger partial charge < -0.3 is 10.4 Å². The first-order chi connectivity index (χ1) is 12.0. The van der Waals surface area contributed by atoms with E-state index in [0.717, 1.165) is 12.1 Å². The van der Waals surface area contributed by atoms with Gasteiger partial charge in [-0.05, 0) is 24.8 Å². The van der Waals surface area contributed by atoms with Crippen molar-refractivity contribution in [3.05, 3.63) is 48.2 Å². The summed E-state index contributed by atoms with van der Waals surface area (Å²) in [6, 6.07) is 11.4. The number of amides is 2. The summed E-state index contributed by atoms with van der Waals surface area (Å²) in [4.78, 5) is 12.2. The standard InChI is InChI=1S/C19H28N4O2/c1-14(2)13-23-18(9-10-21-23)22-19(25)20-12-17(11-15(3)24)16-7-5-4-6-8-16/h4-10,14-15,17,24H,11-13H2,1-3H3,(H2,20,22,25). The predicted molar refractivity (Wildman–Crippen MR) is 99.6 cm³/mol. The molecule has 0 saturated carbocycles. The maximum atomic E-state index is 12.2. The number of hydrogen-bond acceptors (Lipinski definition) is 3. The summed E-state index contributed by atoms with van der Waals surface area (Å²) in [6.07, 6.45) is 1.84. The lowest BCUT2D eigenvalue weighted by atomic mass is 9.93. The number of hydrogen-bond donors (Lipinski definition) is 3. The Balaban J connectivity index is 1.94. The number of rotatable bonds is 8. The van der Waals surface area contributed by atoms with Crippen molar-refractivity contribution in [1.29, 1.82) is 0 Å². The summed E-state index contributed by atoms with van der Waals surface area (Å²) in [6.45, 7) is 7.18. The van der Waals surface area contributed by atoms with Gasteiger partial charge in [0.15, 0.2) is 0 Å². The average molecular weight is 344 g/mol. The molecule has 0 aliphatic heterocycles. The largest absolute Gasteiger partial charge is 0.393 e. The molecule has 0 bridgehead atoms. The number of carbonyl (C=O) groups is 1. The van der Waals surface area contributed by atoms with Crippen molar-refractivity contribution in [2.75, 3.05) is 11.9 Å². The second kappa shape index (κ2) is 9.22. The zero-order chi connectivity index (χ0) is 18.2. The molecule has 136 valence electrons. The number of nitrogens with zero attached hydrogens (tertiary/aromatic N) is 2. The fourth-order valence-electron chi connectivity index (χ4n) is 2.78. The first-order valence-corrected chi connectivity index (χ1v) is 8.75. The number of aliphatic hydroxyl groups excluding tert-OH is 1. The van der Waals surface area contributed by atoms with Crippen LogP contribution in [0.2, 0.25) is 0 Å². The summed E-state index contributed by atoms with van der Waals surface area (Å²) < 4.78 is 1.79. The Morgan fingerprint density at radius 3 is 2.56 bits per heavy atom. The third kappa shape index (κ3) is 6.23. The summed E-state index contributed by atoms with van der Waals surface area (Å²) in [5, 5.41) is 19.7. The molecule has 2 unspecified atom stereocenters. The van der Waals surface area contributed by atoms with E-state index < -0.39 is 6.10 Å². The van der Waals surface area contributed by atoms with Gasteiger partial charge in [0.05, 0.1) is 12.3 Å². The third-order valence-corrected chi connectivity index (χ3v) is 3.90. The van der Waals surface area contributed by atoms with E-state index in [4.69, 9.17) is 0 Å². The van der Waals surface area contributed by atoms with E-state index >= 15 is 0 Å². The molecule has 0 fully saturated rings. The zero-order valence-corrected chi connectivity index (χ0v) is 15.1. The van der Waals surface area contributed by atoms with Crippen LogP contribution < -0.4 is 10.6 Å². The summed E-state index contributed by atoms with van der Waals surface area (Å²) in [5.41, 5.74) is 1.11. The van der Waals surface area contributed by atoms with E-state index in [1.54, 1.807) is 23.9 Å². The van der Waals surface area contributed by atoms with Crippen molar-refractivity contribution in [2.24, 2.45) is 5.92 Å². The van der Waals surface area contributed by atoms with Crippen LogP contribution in [0.15, 0.2) is 42.6 Å². The van der Waals surface area contributed by atoms with Crippen LogP contribution in [-0.2, 0) is 6.54 Å². The third-order valence-electron chi connectivity index (χ3n) is 3.90. The van der Waals surface area contributed by atoms with E-state index in [0.29, 0.717) is 24.7 Å². The Morgan fingerprint density at radius 1 is 1.20 bits per heavy atom. The van der Waals surface area contributed by atoms with E-state index in [2.05, 4.69) is 29.6 Å². The monoisotopic (exact) mass is 344 g/mol. The first-order valence-electron chi connectivity index (χ1n) is 8.75. The van der Waals surface area contributed by atoms with E-state index in [9.17, 15) is 9.90 Å². The van der Waals surface area contributed by atoms with Crippen LogP contribution in [-0.4, -0.2) is 33.6 Å². The summed E-state index contributed by atoms with van der Waals surface area (Å²) in [5.74, 6) is 1.18. The van der Waals surface area contributed by atoms with Crippen molar-refractivity contribution in [1.82, 2.24) is 15.1 Å². The molecule has 0 aliphatic carbocycles. The highest BCUT2D eigenvalue weighted by Gasteiger charge is 2.16. The van der Waals surface area contributed by atoms with Gasteiger partial charge in [-0.25, -0.2) is 9.48 Å². The van der Waals surface area contributed by atoms with Gasteiger partial charge in [-0.2, -0.15) is 5.10 Å². The Morgan fingerprint density at radius 2 is 1.92 bits per heavy atom. The molecular formula is C19H28N4O2. The highest BCUT2D eigenvalue weighted by Crippen LogP contribution is 2.20. The molecule has 2 atom stereocenters. The minimum absolute atomic E-state index is 0.0625. The molecule has 1 aromatic heterocycles. The average Bonchev–Trinajstić information content (AvgIpc) is 2.98. The SMILES string of the molecule is CC(C)Cn1nccc1NC(=O)NCC(CC(C)O)c1ccccc1. The molecule has 2 aromatic rings. The molecule has 0 saturated heterocycles. The molecule has 6 nitrogen and oxygen atoms in total. The normalized spacial score (nSPS) is 13.5. The van der Waals surface area contributed by atoms with Crippen LogP contribution in [0.1, 0.15) is 38.7 Å². The van der Waals surface area contributed by atoms with Gasteiger partial charge in [0.1, 0.15) is 5.82 Å². The zero-order valence-electron chi connectivity index (χ0n) is 15.1. The number of aromatic nitrogens is 2. The second-order valence-corrected chi connectivity index (χ2v) is 6.82. The Bertz CT molecular complexity index is 652. The lowest BCUT2D eigenvalue weighted by Crippen LogP contribution is -2.34. The number of carbonyl (C=O) groups excluding carboxylic acids is 1. The van der Waals surface area contributed by atoms with Crippen LogP contribution >= 0.6 is 0 Å². The van der Waals surface area contributed by atoms with Crippen molar-refractivity contribution in [3.8, 4) is 0 Å². The molecular weight excluding hydrogens is 316 g/mol. The van der Waals surface area contributed by atoms with Gasteiger partial charge >= 0.3 is 6.03 Å². The fraction of sp³-hybridized carbons (Fsp3) is 0.474. The molecule has 0 aliphatic rings. The number of anilines is 1. The van der Waals surface area contributed by atoms with Crippen LogP contribution in [0.3, 0.4) is 0 Å². The maximum Gasteiger partial charge on any atom is 0.320 e. The Kier molecular flexibility index (Phi) is 7.01. The van der Waals surface area contributed by atoms with Crippen molar-refractivity contribution < 1.29 is 9.90 Å². The van der Waals surface area contributed by atoms with Crippen LogP contribution in [0, 0.1) is 5.92 Å².